The lowest BCUT2D eigenvalue weighted by molar-refractivity contribution is -0.130. The maximum Gasteiger partial charge on any atom is 0.363 e. The predicted octanol–water partition coefficient (Wildman–Crippen LogP) is 2.69. The van der Waals surface area contributed by atoms with E-state index < -0.39 is 5.97 Å². The van der Waals surface area contributed by atoms with Crippen LogP contribution in [0.5, 0.6) is 0 Å². The van der Waals surface area contributed by atoms with Gasteiger partial charge in [-0.05, 0) is 40.6 Å². The van der Waals surface area contributed by atoms with E-state index >= 15 is 0 Å². The highest BCUT2D eigenvalue weighted by Crippen LogP contribution is 2.20. The standard InChI is InChI=1S/C12H7NO3S/c14-12-9(6-8-3-5-17-7-8)13-11(16-12)10-2-1-4-15-10/h1-7H/b9-6-. The fourth-order valence-corrected chi connectivity index (χ4v) is 2.05. The molecule has 2 aromatic rings. The summed E-state index contributed by atoms with van der Waals surface area (Å²) in [5.74, 6) is 0.205. The van der Waals surface area contributed by atoms with E-state index in [-0.39, 0.29) is 11.6 Å². The van der Waals surface area contributed by atoms with Crippen LogP contribution in [-0.4, -0.2) is 11.9 Å². The molecule has 17 heavy (non-hydrogen) atoms. The van der Waals surface area contributed by atoms with Crippen LogP contribution >= 0.6 is 11.3 Å². The quantitative estimate of drug-likeness (QED) is 0.603. The number of thiophene rings is 1. The van der Waals surface area contributed by atoms with E-state index in [9.17, 15) is 4.79 Å². The van der Waals surface area contributed by atoms with Crippen molar-refractivity contribution >= 4 is 29.3 Å². The molecule has 0 radical (unpaired) electrons. The Labute approximate surface area is 101 Å². The molecule has 0 unspecified atom stereocenters. The number of nitrogens with zero attached hydrogens (tertiary/aromatic N) is 1. The number of cyclic esters (lactones) is 1. The van der Waals surface area contributed by atoms with E-state index in [0.717, 1.165) is 5.56 Å². The zero-order valence-electron chi connectivity index (χ0n) is 8.62. The number of esters is 1. The van der Waals surface area contributed by atoms with Crippen LogP contribution in [0.25, 0.3) is 6.08 Å². The van der Waals surface area contributed by atoms with Gasteiger partial charge in [-0.3, -0.25) is 0 Å². The van der Waals surface area contributed by atoms with Gasteiger partial charge in [0.15, 0.2) is 11.5 Å². The highest BCUT2D eigenvalue weighted by molar-refractivity contribution is 7.08. The molecule has 0 spiro atoms. The first kappa shape index (κ1) is 10.0. The van der Waals surface area contributed by atoms with Crippen LogP contribution in [-0.2, 0) is 9.53 Å². The molecule has 0 saturated heterocycles. The third-order valence-corrected chi connectivity index (χ3v) is 2.90. The molecule has 0 aliphatic carbocycles. The zero-order chi connectivity index (χ0) is 11.7. The van der Waals surface area contributed by atoms with Gasteiger partial charge < -0.3 is 9.15 Å². The third kappa shape index (κ3) is 1.92. The van der Waals surface area contributed by atoms with Crippen molar-refractivity contribution < 1.29 is 13.9 Å². The largest absolute Gasteiger partial charge is 0.459 e. The maximum absolute atomic E-state index is 11.6. The number of carbonyl (C=O) groups excluding carboxylic acids is 1. The lowest BCUT2D eigenvalue weighted by atomic mass is 10.3. The minimum atomic E-state index is -0.456. The van der Waals surface area contributed by atoms with E-state index in [0.29, 0.717) is 5.76 Å². The molecule has 3 heterocycles. The van der Waals surface area contributed by atoms with Gasteiger partial charge in [0, 0.05) is 0 Å². The first-order valence-electron chi connectivity index (χ1n) is 4.91. The Kier molecular flexibility index (Phi) is 2.38. The molecule has 0 bridgehead atoms. The summed E-state index contributed by atoms with van der Waals surface area (Å²) in [6, 6.07) is 5.32. The zero-order valence-corrected chi connectivity index (χ0v) is 9.44. The smallest absolute Gasteiger partial charge is 0.363 e. The van der Waals surface area contributed by atoms with Crippen LogP contribution < -0.4 is 0 Å². The van der Waals surface area contributed by atoms with E-state index in [2.05, 4.69) is 4.99 Å². The normalized spacial score (nSPS) is 17.3. The molecule has 0 saturated carbocycles. The molecule has 0 atom stereocenters. The Hall–Kier alpha value is -2.14. The highest BCUT2D eigenvalue weighted by atomic mass is 32.1. The molecule has 4 nitrogen and oxygen atoms in total. The molecule has 3 rings (SSSR count). The Morgan fingerprint density at radius 1 is 1.35 bits per heavy atom. The van der Waals surface area contributed by atoms with Gasteiger partial charge in [-0.2, -0.15) is 11.3 Å². The van der Waals surface area contributed by atoms with Gasteiger partial charge in [0.1, 0.15) is 0 Å². The van der Waals surface area contributed by atoms with Gasteiger partial charge in [0.05, 0.1) is 6.26 Å². The third-order valence-electron chi connectivity index (χ3n) is 2.20. The molecule has 0 amide bonds. The molecule has 0 N–H and O–H groups in total. The summed E-state index contributed by atoms with van der Waals surface area (Å²) >= 11 is 1.56. The first-order chi connectivity index (χ1) is 8.33. The van der Waals surface area contributed by atoms with E-state index in [1.54, 1.807) is 29.5 Å². The fraction of sp³-hybridized carbons (Fsp3) is 0. The van der Waals surface area contributed by atoms with Crippen molar-refractivity contribution in [1.82, 2.24) is 0 Å². The minimum absolute atomic E-state index is 0.210. The van der Waals surface area contributed by atoms with Crippen LogP contribution in [0.1, 0.15) is 11.3 Å². The van der Waals surface area contributed by atoms with Crippen LogP contribution in [0.15, 0.2) is 50.3 Å². The number of ether oxygens (including phenoxy) is 1. The summed E-state index contributed by atoms with van der Waals surface area (Å²) in [4.78, 5) is 15.7. The van der Waals surface area contributed by atoms with Crippen molar-refractivity contribution in [2.75, 3.05) is 0 Å². The number of carbonyl (C=O) groups is 1. The number of furan rings is 1. The fourth-order valence-electron chi connectivity index (χ4n) is 1.43. The molecule has 0 aromatic carbocycles. The van der Waals surface area contributed by atoms with Gasteiger partial charge in [-0.1, -0.05) is 0 Å². The lowest BCUT2D eigenvalue weighted by Crippen LogP contribution is -2.04. The monoisotopic (exact) mass is 245 g/mol. The molecule has 84 valence electrons. The van der Waals surface area contributed by atoms with E-state index in [4.69, 9.17) is 9.15 Å². The van der Waals surface area contributed by atoms with Gasteiger partial charge in [-0.15, -0.1) is 0 Å². The molecule has 0 fully saturated rings. The number of rotatable bonds is 2. The van der Waals surface area contributed by atoms with Crippen molar-refractivity contribution in [2.45, 2.75) is 0 Å². The molecular weight excluding hydrogens is 238 g/mol. The number of aliphatic imine (C=N–C) groups is 1. The van der Waals surface area contributed by atoms with Crippen molar-refractivity contribution in [2.24, 2.45) is 4.99 Å². The Bertz CT molecular complexity index is 594. The SMILES string of the molecule is O=C1OC(c2ccco2)=N/C1=C\c1ccsc1. The second kappa shape index (κ2) is 4.03. The minimum Gasteiger partial charge on any atom is -0.459 e. The highest BCUT2D eigenvalue weighted by Gasteiger charge is 2.25. The molecule has 1 aliphatic heterocycles. The molecule has 2 aromatic heterocycles. The van der Waals surface area contributed by atoms with Crippen molar-refractivity contribution in [3.05, 3.63) is 52.2 Å². The summed E-state index contributed by atoms with van der Waals surface area (Å²) in [5.41, 5.74) is 1.22. The van der Waals surface area contributed by atoms with Crippen molar-refractivity contribution in [1.29, 1.82) is 0 Å². The second-order valence-corrected chi connectivity index (χ2v) is 4.15. The molecular formula is C12H7NO3S. The Morgan fingerprint density at radius 2 is 2.29 bits per heavy atom. The van der Waals surface area contributed by atoms with Crippen LogP contribution in [0.3, 0.4) is 0 Å². The van der Waals surface area contributed by atoms with Gasteiger partial charge in [-0.25, -0.2) is 9.79 Å². The van der Waals surface area contributed by atoms with Crippen LogP contribution in [0.2, 0.25) is 0 Å². The van der Waals surface area contributed by atoms with Gasteiger partial charge >= 0.3 is 5.97 Å². The first-order valence-corrected chi connectivity index (χ1v) is 5.86. The Balaban J connectivity index is 1.95. The molecule has 5 heteroatoms. The topological polar surface area (TPSA) is 51.8 Å². The van der Waals surface area contributed by atoms with E-state index in [1.807, 2.05) is 16.8 Å². The summed E-state index contributed by atoms with van der Waals surface area (Å²) in [7, 11) is 0. The number of hydrogen-bond donors (Lipinski definition) is 0. The summed E-state index contributed by atoms with van der Waals surface area (Å²) in [6.07, 6.45) is 3.20. The van der Waals surface area contributed by atoms with Crippen molar-refractivity contribution in [3.63, 3.8) is 0 Å². The van der Waals surface area contributed by atoms with E-state index in [1.165, 1.54) is 6.26 Å². The predicted molar refractivity (Wildman–Crippen MR) is 63.6 cm³/mol. The van der Waals surface area contributed by atoms with Gasteiger partial charge in [0.2, 0.25) is 0 Å². The average Bonchev–Trinajstić information content (AvgIpc) is 3.02. The van der Waals surface area contributed by atoms with Crippen LogP contribution in [0.4, 0.5) is 0 Å². The molecule has 1 aliphatic rings. The maximum atomic E-state index is 11.6. The summed E-state index contributed by atoms with van der Waals surface area (Å²) in [6.45, 7) is 0. The Morgan fingerprint density at radius 3 is 3.00 bits per heavy atom. The second-order valence-electron chi connectivity index (χ2n) is 3.37. The average molecular weight is 245 g/mol. The summed E-state index contributed by atoms with van der Waals surface area (Å²) < 4.78 is 10.1. The van der Waals surface area contributed by atoms with Crippen molar-refractivity contribution in [3.8, 4) is 0 Å². The van der Waals surface area contributed by atoms with Crippen LogP contribution in [0, 0.1) is 0 Å². The van der Waals surface area contributed by atoms with Gasteiger partial charge in [0.25, 0.3) is 5.90 Å². The summed E-state index contributed by atoms with van der Waals surface area (Å²) in [5, 5.41) is 3.87. The lowest BCUT2D eigenvalue weighted by Gasteiger charge is -1.91. The number of hydrogen-bond acceptors (Lipinski definition) is 5.